The van der Waals surface area contributed by atoms with E-state index in [1.807, 2.05) is 0 Å². The quantitative estimate of drug-likeness (QED) is 0.568. The molecule has 2 atom stereocenters. The Balaban J connectivity index is 2.12. The molecule has 2 rings (SSSR count). The number of nitrogens with one attached hydrogen (secondary N) is 1. The van der Waals surface area contributed by atoms with Crippen LogP contribution in [-0.4, -0.2) is 16.8 Å². The summed E-state index contributed by atoms with van der Waals surface area (Å²) in [4.78, 5) is 12.1. The Hall–Kier alpha value is -2.97. The van der Waals surface area contributed by atoms with Gasteiger partial charge in [0.2, 0.25) is 0 Å². The maximum absolute atomic E-state index is 12.1. The SMILES string of the molecule is C#CC(O)c1cc(OCc2ccc(C(C)CC)cc2)ccc1NC(=O)OC(C)(C)C. The maximum Gasteiger partial charge on any atom is 0.412 e. The van der Waals surface area contributed by atoms with Crippen molar-refractivity contribution in [1.82, 2.24) is 0 Å². The van der Waals surface area contributed by atoms with Gasteiger partial charge in [0.05, 0.1) is 5.69 Å². The van der Waals surface area contributed by atoms with Crippen LogP contribution in [-0.2, 0) is 11.3 Å². The Morgan fingerprint density at radius 3 is 2.43 bits per heavy atom. The average Bonchev–Trinajstić information content (AvgIpc) is 2.70. The van der Waals surface area contributed by atoms with E-state index in [0.29, 0.717) is 29.5 Å². The molecule has 0 aliphatic rings. The van der Waals surface area contributed by atoms with Crippen LogP contribution in [0.2, 0.25) is 0 Å². The summed E-state index contributed by atoms with van der Waals surface area (Å²) in [5.41, 5.74) is 2.45. The summed E-state index contributed by atoms with van der Waals surface area (Å²) >= 11 is 0. The van der Waals surface area contributed by atoms with E-state index in [1.165, 1.54) is 5.56 Å². The lowest BCUT2D eigenvalue weighted by atomic mass is 9.98. The summed E-state index contributed by atoms with van der Waals surface area (Å²) < 4.78 is 11.1. The van der Waals surface area contributed by atoms with Crippen LogP contribution in [0.4, 0.5) is 10.5 Å². The summed E-state index contributed by atoms with van der Waals surface area (Å²) in [6, 6.07) is 13.3. The molecule has 2 aromatic carbocycles. The molecular formula is C25H31NO4. The number of benzene rings is 2. The van der Waals surface area contributed by atoms with E-state index in [2.05, 4.69) is 49.4 Å². The molecule has 0 saturated heterocycles. The fraction of sp³-hybridized carbons (Fsp3) is 0.400. The molecule has 5 nitrogen and oxygen atoms in total. The normalized spacial score (nSPS) is 13.1. The first-order valence-corrected chi connectivity index (χ1v) is 10.1. The first-order chi connectivity index (χ1) is 14.1. The van der Waals surface area contributed by atoms with Crippen molar-refractivity contribution in [3.05, 3.63) is 59.2 Å². The minimum absolute atomic E-state index is 0.368. The van der Waals surface area contributed by atoms with Gasteiger partial charge in [-0.3, -0.25) is 5.32 Å². The molecule has 2 unspecified atom stereocenters. The number of carbonyl (C=O) groups excluding carboxylic acids is 1. The minimum Gasteiger partial charge on any atom is -0.489 e. The fourth-order valence-electron chi connectivity index (χ4n) is 2.82. The van der Waals surface area contributed by atoms with Crippen molar-refractivity contribution in [2.75, 3.05) is 5.32 Å². The van der Waals surface area contributed by atoms with Crippen LogP contribution < -0.4 is 10.1 Å². The summed E-state index contributed by atoms with van der Waals surface area (Å²) in [5.74, 6) is 3.34. The third-order valence-corrected chi connectivity index (χ3v) is 4.68. The van der Waals surface area contributed by atoms with Gasteiger partial charge in [-0.25, -0.2) is 4.79 Å². The van der Waals surface area contributed by atoms with Gasteiger partial charge >= 0.3 is 6.09 Å². The van der Waals surface area contributed by atoms with Gasteiger partial charge in [0.15, 0.2) is 0 Å². The van der Waals surface area contributed by atoms with Gasteiger partial charge in [0, 0.05) is 5.56 Å². The number of carbonyl (C=O) groups is 1. The summed E-state index contributed by atoms with van der Waals surface area (Å²) in [6.07, 6.45) is 4.67. The molecule has 0 aliphatic carbocycles. The van der Waals surface area contributed by atoms with E-state index in [1.54, 1.807) is 39.0 Å². The number of ether oxygens (including phenoxy) is 2. The summed E-state index contributed by atoms with van der Waals surface area (Å²) in [6.45, 7) is 10.1. The van der Waals surface area contributed by atoms with E-state index >= 15 is 0 Å². The Morgan fingerprint density at radius 2 is 1.87 bits per heavy atom. The van der Waals surface area contributed by atoms with Crippen LogP contribution in [0, 0.1) is 12.3 Å². The highest BCUT2D eigenvalue weighted by Crippen LogP contribution is 2.29. The third kappa shape index (κ3) is 6.82. The summed E-state index contributed by atoms with van der Waals surface area (Å²) in [7, 11) is 0. The van der Waals surface area contributed by atoms with Gasteiger partial charge in [-0.2, -0.15) is 0 Å². The van der Waals surface area contributed by atoms with Gasteiger partial charge in [-0.05, 0) is 62.4 Å². The van der Waals surface area contributed by atoms with Gasteiger partial charge in [-0.15, -0.1) is 6.42 Å². The van der Waals surface area contributed by atoms with E-state index in [0.717, 1.165) is 12.0 Å². The number of rotatable bonds is 7. The predicted octanol–water partition coefficient (Wildman–Crippen LogP) is 5.79. The number of terminal acetylenes is 1. The molecule has 1 amide bonds. The molecule has 0 spiro atoms. The lowest BCUT2D eigenvalue weighted by Gasteiger charge is -2.21. The van der Waals surface area contributed by atoms with Crippen molar-refractivity contribution >= 4 is 11.8 Å². The van der Waals surface area contributed by atoms with Crippen LogP contribution in [0.5, 0.6) is 5.75 Å². The molecule has 0 saturated carbocycles. The Labute approximate surface area is 179 Å². The number of aliphatic hydroxyl groups is 1. The van der Waals surface area contributed by atoms with E-state index in [-0.39, 0.29) is 0 Å². The van der Waals surface area contributed by atoms with Crippen molar-refractivity contribution in [2.24, 2.45) is 0 Å². The Kier molecular flexibility index (Phi) is 7.91. The highest BCUT2D eigenvalue weighted by atomic mass is 16.6. The number of amides is 1. The van der Waals surface area contributed by atoms with E-state index < -0.39 is 17.8 Å². The van der Waals surface area contributed by atoms with Crippen molar-refractivity contribution in [2.45, 2.75) is 65.3 Å². The number of aliphatic hydroxyl groups excluding tert-OH is 1. The molecule has 2 aromatic rings. The summed E-state index contributed by atoms with van der Waals surface area (Å²) in [5, 5.41) is 12.8. The lowest BCUT2D eigenvalue weighted by molar-refractivity contribution is 0.0635. The highest BCUT2D eigenvalue weighted by molar-refractivity contribution is 5.86. The predicted molar refractivity (Wildman–Crippen MR) is 120 cm³/mol. The molecule has 5 heteroatoms. The average molecular weight is 410 g/mol. The largest absolute Gasteiger partial charge is 0.489 e. The maximum atomic E-state index is 12.1. The monoisotopic (exact) mass is 409 g/mol. The Morgan fingerprint density at radius 1 is 1.20 bits per heavy atom. The van der Waals surface area contributed by atoms with Gasteiger partial charge in [-0.1, -0.05) is 44.0 Å². The first-order valence-electron chi connectivity index (χ1n) is 10.1. The number of hydrogen-bond acceptors (Lipinski definition) is 4. The molecule has 2 N–H and O–H groups in total. The molecule has 0 fully saturated rings. The van der Waals surface area contributed by atoms with Gasteiger partial charge in [0.1, 0.15) is 24.1 Å². The topological polar surface area (TPSA) is 67.8 Å². The molecular weight excluding hydrogens is 378 g/mol. The third-order valence-electron chi connectivity index (χ3n) is 4.68. The molecule has 30 heavy (non-hydrogen) atoms. The molecule has 0 heterocycles. The number of anilines is 1. The standard InChI is InChI=1S/C25H31NO4/c1-7-17(3)19-11-9-18(10-12-19)16-29-20-13-14-22(21(15-20)23(27)8-2)26-24(28)30-25(4,5)6/h2,9-15,17,23,27H,7,16H2,1,3-6H3,(H,26,28). The second-order valence-electron chi connectivity index (χ2n) is 8.28. The smallest absolute Gasteiger partial charge is 0.412 e. The van der Waals surface area contributed by atoms with Gasteiger partial charge in [0.25, 0.3) is 0 Å². The van der Waals surface area contributed by atoms with E-state index in [4.69, 9.17) is 15.9 Å². The Bertz CT molecular complexity index is 891. The molecule has 0 radical (unpaired) electrons. The highest BCUT2D eigenvalue weighted by Gasteiger charge is 2.19. The minimum atomic E-state index is -1.19. The zero-order valence-corrected chi connectivity index (χ0v) is 18.4. The second-order valence-corrected chi connectivity index (χ2v) is 8.28. The van der Waals surface area contributed by atoms with Crippen molar-refractivity contribution in [3.8, 4) is 18.1 Å². The van der Waals surface area contributed by atoms with Crippen LogP contribution in [0.1, 0.15) is 69.8 Å². The van der Waals surface area contributed by atoms with Crippen LogP contribution in [0.25, 0.3) is 0 Å². The van der Waals surface area contributed by atoms with Gasteiger partial charge < -0.3 is 14.6 Å². The molecule has 0 bridgehead atoms. The number of hydrogen-bond donors (Lipinski definition) is 2. The molecule has 160 valence electrons. The molecule has 0 aliphatic heterocycles. The zero-order chi connectivity index (χ0) is 22.3. The van der Waals surface area contributed by atoms with Crippen molar-refractivity contribution in [3.63, 3.8) is 0 Å². The zero-order valence-electron chi connectivity index (χ0n) is 18.4. The van der Waals surface area contributed by atoms with E-state index in [9.17, 15) is 9.90 Å². The van der Waals surface area contributed by atoms with Crippen molar-refractivity contribution in [1.29, 1.82) is 0 Å². The van der Waals surface area contributed by atoms with Crippen molar-refractivity contribution < 1.29 is 19.4 Å². The lowest BCUT2D eigenvalue weighted by Crippen LogP contribution is -2.27. The molecule has 0 aromatic heterocycles. The van der Waals surface area contributed by atoms with Crippen LogP contribution in [0.3, 0.4) is 0 Å². The van der Waals surface area contributed by atoms with Crippen LogP contribution in [0.15, 0.2) is 42.5 Å². The first kappa shape index (κ1) is 23.3. The van der Waals surface area contributed by atoms with Crippen LogP contribution >= 0.6 is 0 Å². The fourth-order valence-corrected chi connectivity index (χ4v) is 2.82. The second kappa shape index (κ2) is 10.2.